The minimum atomic E-state index is 0.0192. The van der Waals surface area contributed by atoms with Crippen molar-refractivity contribution in [1.82, 2.24) is 14.8 Å². The number of benzene rings is 1. The molecule has 1 amide bonds. The Bertz CT molecular complexity index is 949. The van der Waals surface area contributed by atoms with Crippen LogP contribution < -0.4 is 0 Å². The Hall–Kier alpha value is -2.53. The molecule has 0 radical (unpaired) electrons. The quantitative estimate of drug-likeness (QED) is 0.677. The molecule has 4 rings (SSSR count). The number of aromatic nitrogens is 1. The molecule has 0 spiro atoms. The third-order valence-electron chi connectivity index (χ3n) is 4.64. The van der Waals surface area contributed by atoms with Crippen LogP contribution >= 0.6 is 22.7 Å². The second-order valence-electron chi connectivity index (χ2n) is 6.43. The number of amides is 1. The maximum absolute atomic E-state index is 12.7. The average Bonchev–Trinajstić information content (AvgIpc) is 3.40. The number of hydrogen-bond acceptors (Lipinski definition) is 6. The second kappa shape index (κ2) is 8.01. The van der Waals surface area contributed by atoms with E-state index in [4.69, 9.17) is 5.26 Å². The van der Waals surface area contributed by atoms with Gasteiger partial charge in [-0.1, -0.05) is 12.1 Å². The lowest BCUT2D eigenvalue weighted by Gasteiger charge is -2.34. The number of piperazine rings is 1. The van der Waals surface area contributed by atoms with Gasteiger partial charge in [0.2, 0.25) is 0 Å². The number of thiazole rings is 1. The summed E-state index contributed by atoms with van der Waals surface area (Å²) in [5, 5.41) is 15.7. The summed E-state index contributed by atoms with van der Waals surface area (Å²) in [4.78, 5) is 21.5. The summed E-state index contributed by atoms with van der Waals surface area (Å²) in [5.74, 6) is 0.0192. The van der Waals surface area contributed by atoms with E-state index in [1.165, 1.54) is 16.9 Å². The molecule has 0 atom stereocenters. The van der Waals surface area contributed by atoms with E-state index in [0.717, 1.165) is 30.2 Å². The Balaban J connectivity index is 1.33. The smallest absolute Gasteiger partial charge is 0.273 e. The first kappa shape index (κ1) is 17.9. The Morgan fingerprint density at radius 1 is 1.11 bits per heavy atom. The fourth-order valence-electron chi connectivity index (χ4n) is 3.10. The van der Waals surface area contributed by atoms with Crippen LogP contribution in [0.25, 0.3) is 10.6 Å². The minimum absolute atomic E-state index is 0.0192. The van der Waals surface area contributed by atoms with E-state index < -0.39 is 0 Å². The lowest BCUT2D eigenvalue weighted by molar-refractivity contribution is 0.0623. The van der Waals surface area contributed by atoms with Gasteiger partial charge in [0, 0.05) is 49.0 Å². The molecular formula is C20H18N4OS2. The van der Waals surface area contributed by atoms with Crippen LogP contribution in [0, 0.1) is 11.3 Å². The molecular weight excluding hydrogens is 376 g/mol. The van der Waals surface area contributed by atoms with Gasteiger partial charge in [-0.05, 0) is 29.1 Å². The summed E-state index contributed by atoms with van der Waals surface area (Å²) in [7, 11) is 0. The molecule has 5 nitrogen and oxygen atoms in total. The Morgan fingerprint density at radius 2 is 1.89 bits per heavy atom. The van der Waals surface area contributed by atoms with Crippen LogP contribution in [0.2, 0.25) is 0 Å². The van der Waals surface area contributed by atoms with Crippen LogP contribution in [0.3, 0.4) is 0 Å². The van der Waals surface area contributed by atoms with Crippen molar-refractivity contribution in [2.75, 3.05) is 26.2 Å². The van der Waals surface area contributed by atoms with Crippen LogP contribution in [0.1, 0.15) is 21.6 Å². The summed E-state index contributed by atoms with van der Waals surface area (Å²) < 4.78 is 0. The number of thiophene rings is 1. The molecule has 1 aliphatic heterocycles. The van der Waals surface area contributed by atoms with Crippen molar-refractivity contribution < 1.29 is 4.79 Å². The van der Waals surface area contributed by atoms with Crippen molar-refractivity contribution in [2.45, 2.75) is 6.54 Å². The van der Waals surface area contributed by atoms with Crippen LogP contribution in [-0.2, 0) is 6.54 Å². The van der Waals surface area contributed by atoms with E-state index in [2.05, 4.69) is 21.3 Å². The summed E-state index contributed by atoms with van der Waals surface area (Å²) in [6.45, 7) is 3.94. The topological polar surface area (TPSA) is 60.2 Å². The Labute approximate surface area is 166 Å². The van der Waals surface area contributed by atoms with Crippen molar-refractivity contribution in [3.05, 3.63) is 63.3 Å². The van der Waals surface area contributed by atoms with Gasteiger partial charge < -0.3 is 4.90 Å². The molecule has 136 valence electrons. The molecule has 3 heterocycles. The van der Waals surface area contributed by atoms with E-state index in [1.54, 1.807) is 11.3 Å². The fraction of sp³-hybridized carbons (Fsp3) is 0.250. The van der Waals surface area contributed by atoms with E-state index in [9.17, 15) is 4.79 Å². The van der Waals surface area contributed by atoms with Crippen LogP contribution in [0.5, 0.6) is 0 Å². The molecule has 1 aromatic carbocycles. The van der Waals surface area contributed by atoms with Crippen molar-refractivity contribution in [2.24, 2.45) is 0 Å². The predicted molar refractivity (Wildman–Crippen MR) is 108 cm³/mol. The number of rotatable bonds is 4. The summed E-state index contributed by atoms with van der Waals surface area (Å²) in [6, 6.07) is 11.9. The number of carbonyl (C=O) groups is 1. The van der Waals surface area contributed by atoms with Crippen molar-refractivity contribution in [3.8, 4) is 16.6 Å². The monoisotopic (exact) mass is 394 g/mol. The van der Waals surface area contributed by atoms with E-state index in [1.807, 2.05) is 46.0 Å². The van der Waals surface area contributed by atoms with Crippen LogP contribution in [0.4, 0.5) is 0 Å². The molecule has 27 heavy (non-hydrogen) atoms. The van der Waals surface area contributed by atoms with E-state index in [0.29, 0.717) is 24.3 Å². The zero-order chi connectivity index (χ0) is 18.6. The second-order valence-corrected chi connectivity index (χ2v) is 8.07. The molecule has 0 saturated carbocycles. The molecule has 0 aliphatic carbocycles. The van der Waals surface area contributed by atoms with E-state index >= 15 is 0 Å². The van der Waals surface area contributed by atoms with Crippen LogP contribution in [0.15, 0.2) is 46.5 Å². The lowest BCUT2D eigenvalue weighted by atomic mass is 10.1. The van der Waals surface area contributed by atoms with Gasteiger partial charge >= 0.3 is 0 Å². The van der Waals surface area contributed by atoms with Gasteiger partial charge in [0.05, 0.1) is 11.6 Å². The number of nitrogens with zero attached hydrogens (tertiary/aromatic N) is 4. The van der Waals surface area contributed by atoms with Gasteiger partial charge in [-0.2, -0.15) is 16.6 Å². The van der Waals surface area contributed by atoms with Gasteiger partial charge in [0.25, 0.3) is 5.91 Å². The third-order valence-corrected chi connectivity index (χ3v) is 6.21. The normalized spacial score (nSPS) is 14.9. The van der Waals surface area contributed by atoms with Gasteiger partial charge in [-0.25, -0.2) is 4.98 Å². The van der Waals surface area contributed by atoms with Crippen molar-refractivity contribution >= 4 is 28.6 Å². The van der Waals surface area contributed by atoms with E-state index in [-0.39, 0.29) is 5.91 Å². The maximum Gasteiger partial charge on any atom is 0.273 e. The number of hydrogen-bond donors (Lipinski definition) is 0. The highest BCUT2D eigenvalue weighted by Crippen LogP contribution is 2.26. The van der Waals surface area contributed by atoms with Gasteiger partial charge in [0.15, 0.2) is 0 Å². The highest BCUT2D eigenvalue weighted by atomic mass is 32.1. The number of carbonyl (C=O) groups excluding carboxylic acids is 1. The summed E-state index contributed by atoms with van der Waals surface area (Å²) in [5.41, 5.74) is 3.49. The van der Waals surface area contributed by atoms with Crippen molar-refractivity contribution in [1.29, 1.82) is 5.26 Å². The molecule has 3 aromatic rings. The molecule has 0 bridgehead atoms. The molecule has 0 unspecified atom stereocenters. The molecule has 1 fully saturated rings. The Kier molecular flexibility index (Phi) is 5.30. The first-order chi connectivity index (χ1) is 13.2. The zero-order valence-corrected chi connectivity index (χ0v) is 16.3. The first-order valence-electron chi connectivity index (χ1n) is 8.72. The minimum Gasteiger partial charge on any atom is -0.335 e. The average molecular weight is 395 g/mol. The van der Waals surface area contributed by atoms with Gasteiger partial charge in [0.1, 0.15) is 10.7 Å². The zero-order valence-electron chi connectivity index (χ0n) is 14.7. The molecule has 0 N–H and O–H groups in total. The molecule has 2 aromatic heterocycles. The Morgan fingerprint density at radius 3 is 2.56 bits per heavy atom. The third kappa shape index (κ3) is 4.08. The van der Waals surface area contributed by atoms with Gasteiger partial charge in [-0.15, -0.1) is 11.3 Å². The predicted octanol–water partition coefficient (Wildman–Crippen LogP) is 3.70. The highest BCUT2D eigenvalue weighted by Gasteiger charge is 2.24. The number of nitriles is 1. The summed E-state index contributed by atoms with van der Waals surface area (Å²) >= 11 is 3.15. The maximum atomic E-state index is 12.7. The molecule has 1 aliphatic rings. The largest absolute Gasteiger partial charge is 0.335 e. The molecule has 1 saturated heterocycles. The lowest BCUT2D eigenvalue weighted by Crippen LogP contribution is -2.48. The first-order valence-corrected chi connectivity index (χ1v) is 10.5. The standard InChI is InChI=1S/C20H18N4OS2/c21-11-15-1-3-16(4-2-15)12-23-6-8-24(9-7-23)20(25)18-14-27-19(22-18)17-5-10-26-13-17/h1-5,10,13-14H,6-9,12H2. The SMILES string of the molecule is N#Cc1ccc(CN2CCN(C(=O)c3csc(-c4ccsc4)n3)CC2)cc1. The summed E-state index contributed by atoms with van der Waals surface area (Å²) in [6.07, 6.45) is 0. The van der Waals surface area contributed by atoms with Crippen LogP contribution in [-0.4, -0.2) is 46.9 Å². The fourth-order valence-corrected chi connectivity index (χ4v) is 4.61. The van der Waals surface area contributed by atoms with Gasteiger partial charge in [-0.3, -0.25) is 9.69 Å². The molecule has 7 heteroatoms. The highest BCUT2D eigenvalue weighted by molar-refractivity contribution is 7.14. The van der Waals surface area contributed by atoms with Crippen molar-refractivity contribution in [3.63, 3.8) is 0 Å².